The third-order valence-corrected chi connectivity index (χ3v) is 2.66. The van der Waals surface area contributed by atoms with Crippen molar-refractivity contribution < 1.29 is 14.3 Å². The fourth-order valence-electron chi connectivity index (χ4n) is 1.19. The molecule has 0 radical (unpaired) electrons. The number of methoxy groups -OCH3 is 1. The van der Waals surface area contributed by atoms with Gasteiger partial charge in [-0.3, -0.25) is 0 Å². The van der Waals surface area contributed by atoms with E-state index in [4.69, 9.17) is 15.2 Å². The first-order valence-corrected chi connectivity index (χ1v) is 5.59. The highest BCUT2D eigenvalue weighted by Gasteiger charge is 2.12. The highest BCUT2D eigenvalue weighted by atomic mass is 79.9. The first-order valence-electron chi connectivity index (χ1n) is 4.79. The number of halogens is 1. The SMILES string of the molecule is COCC(C)OC(=O)c1ccc(Br)c(N)c1. The number of hydrogen-bond acceptors (Lipinski definition) is 4. The van der Waals surface area contributed by atoms with Crippen LogP contribution < -0.4 is 5.73 Å². The maximum Gasteiger partial charge on any atom is 0.338 e. The maximum atomic E-state index is 11.6. The minimum absolute atomic E-state index is 0.276. The summed E-state index contributed by atoms with van der Waals surface area (Å²) in [5.41, 5.74) is 6.61. The molecule has 0 amide bonds. The zero-order valence-corrected chi connectivity index (χ0v) is 10.8. The van der Waals surface area contributed by atoms with Gasteiger partial charge in [0.25, 0.3) is 0 Å². The van der Waals surface area contributed by atoms with Crippen molar-refractivity contribution in [1.29, 1.82) is 0 Å². The summed E-state index contributed by atoms with van der Waals surface area (Å²) in [5.74, 6) is -0.399. The molecule has 0 spiro atoms. The second kappa shape index (κ2) is 5.86. The zero-order chi connectivity index (χ0) is 12.1. The number of rotatable bonds is 4. The van der Waals surface area contributed by atoms with Gasteiger partial charge in [-0.2, -0.15) is 0 Å². The van der Waals surface area contributed by atoms with Gasteiger partial charge in [0, 0.05) is 17.3 Å². The molecule has 4 nitrogen and oxygen atoms in total. The summed E-state index contributed by atoms with van der Waals surface area (Å²) >= 11 is 3.26. The van der Waals surface area contributed by atoms with Gasteiger partial charge >= 0.3 is 5.97 Å². The molecule has 1 aromatic carbocycles. The largest absolute Gasteiger partial charge is 0.457 e. The van der Waals surface area contributed by atoms with Crippen LogP contribution in [0.25, 0.3) is 0 Å². The monoisotopic (exact) mass is 287 g/mol. The van der Waals surface area contributed by atoms with Crippen LogP contribution in [0, 0.1) is 0 Å². The van der Waals surface area contributed by atoms with Gasteiger partial charge in [0.2, 0.25) is 0 Å². The molecule has 88 valence electrons. The number of carbonyl (C=O) groups is 1. The van der Waals surface area contributed by atoms with Crippen LogP contribution in [0.4, 0.5) is 5.69 Å². The van der Waals surface area contributed by atoms with Crippen molar-refractivity contribution in [2.75, 3.05) is 19.5 Å². The highest BCUT2D eigenvalue weighted by Crippen LogP contribution is 2.20. The summed E-state index contributed by atoms with van der Waals surface area (Å²) in [4.78, 5) is 11.6. The molecule has 0 fully saturated rings. The first-order chi connectivity index (χ1) is 7.54. The first kappa shape index (κ1) is 13.0. The summed E-state index contributed by atoms with van der Waals surface area (Å²) in [6, 6.07) is 4.95. The van der Waals surface area contributed by atoms with Gasteiger partial charge in [0.15, 0.2) is 0 Å². The molecule has 1 atom stereocenters. The Hall–Kier alpha value is -1.07. The lowest BCUT2D eigenvalue weighted by Gasteiger charge is -2.12. The normalized spacial score (nSPS) is 12.2. The van der Waals surface area contributed by atoms with E-state index in [9.17, 15) is 4.79 Å². The van der Waals surface area contributed by atoms with Crippen molar-refractivity contribution in [2.45, 2.75) is 13.0 Å². The number of nitrogens with two attached hydrogens (primary N) is 1. The summed E-state index contributed by atoms with van der Waals surface area (Å²) in [6.07, 6.45) is -0.276. The number of esters is 1. The predicted octanol–water partition coefficient (Wildman–Crippen LogP) is 2.22. The van der Waals surface area contributed by atoms with Crippen molar-refractivity contribution in [3.8, 4) is 0 Å². The van der Waals surface area contributed by atoms with E-state index in [0.29, 0.717) is 17.9 Å². The van der Waals surface area contributed by atoms with Crippen LogP contribution in [-0.4, -0.2) is 25.8 Å². The summed E-state index contributed by atoms with van der Waals surface area (Å²) < 4.78 is 10.8. The summed E-state index contributed by atoms with van der Waals surface area (Å²) in [6.45, 7) is 2.14. The minimum Gasteiger partial charge on any atom is -0.457 e. The molecule has 0 aliphatic rings. The van der Waals surface area contributed by atoms with Gasteiger partial charge in [-0.1, -0.05) is 0 Å². The van der Waals surface area contributed by atoms with Gasteiger partial charge in [-0.25, -0.2) is 4.79 Å². The zero-order valence-electron chi connectivity index (χ0n) is 9.20. The lowest BCUT2D eigenvalue weighted by molar-refractivity contribution is 0.0120. The molecule has 1 aromatic rings. The lowest BCUT2D eigenvalue weighted by Crippen LogP contribution is -2.19. The molecule has 2 N–H and O–H groups in total. The Kier molecular flexibility index (Phi) is 4.76. The van der Waals surface area contributed by atoms with E-state index in [-0.39, 0.29) is 6.10 Å². The summed E-state index contributed by atoms with van der Waals surface area (Å²) in [5, 5.41) is 0. The minimum atomic E-state index is -0.399. The molecule has 0 heterocycles. The highest BCUT2D eigenvalue weighted by molar-refractivity contribution is 9.10. The average Bonchev–Trinajstić information content (AvgIpc) is 2.22. The second-order valence-electron chi connectivity index (χ2n) is 3.41. The fraction of sp³-hybridized carbons (Fsp3) is 0.364. The van der Waals surface area contributed by atoms with Crippen LogP contribution in [0.1, 0.15) is 17.3 Å². The number of carbonyl (C=O) groups excluding carboxylic acids is 1. The number of anilines is 1. The molecule has 0 aliphatic carbocycles. The smallest absolute Gasteiger partial charge is 0.338 e. The number of ether oxygens (including phenoxy) is 2. The lowest BCUT2D eigenvalue weighted by atomic mass is 10.2. The Labute approximate surface area is 103 Å². The van der Waals surface area contributed by atoms with E-state index >= 15 is 0 Å². The predicted molar refractivity (Wildman–Crippen MR) is 65.3 cm³/mol. The van der Waals surface area contributed by atoms with Crippen LogP contribution in [-0.2, 0) is 9.47 Å². The number of hydrogen-bond donors (Lipinski definition) is 1. The second-order valence-corrected chi connectivity index (χ2v) is 4.26. The summed E-state index contributed by atoms with van der Waals surface area (Å²) in [7, 11) is 1.56. The van der Waals surface area contributed by atoms with Crippen molar-refractivity contribution in [1.82, 2.24) is 0 Å². The van der Waals surface area contributed by atoms with Crippen LogP contribution in [0.15, 0.2) is 22.7 Å². The Morgan fingerprint density at radius 2 is 2.25 bits per heavy atom. The van der Waals surface area contributed by atoms with Gasteiger partial charge in [-0.15, -0.1) is 0 Å². The Bertz CT molecular complexity index is 381. The fourth-order valence-corrected chi connectivity index (χ4v) is 1.44. The topological polar surface area (TPSA) is 61.5 Å². The Morgan fingerprint density at radius 3 is 2.81 bits per heavy atom. The van der Waals surface area contributed by atoms with Crippen LogP contribution >= 0.6 is 15.9 Å². The van der Waals surface area contributed by atoms with Gasteiger partial charge in [0.1, 0.15) is 6.10 Å². The van der Waals surface area contributed by atoms with Crippen LogP contribution in [0.3, 0.4) is 0 Å². The standard InChI is InChI=1S/C11H14BrNO3/c1-7(6-15-2)16-11(14)8-3-4-9(12)10(13)5-8/h3-5,7H,6,13H2,1-2H3. The Balaban J connectivity index is 2.69. The van der Waals surface area contributed by atoms with E-state index in [2.05, 4.69) is 15.9 Å². The molecule has 0 aromatic heterocycles. The average molecular weight is 288 g/mol. The van der Waals surface area contributed by atoms with E-state index in [1.165, 1.54) is 0 Å². The van der Waals surface area contributed by atoms with E-state index in [0.717, 1.165) is 4.47 Å². The molecule has 0 bridgehead atoms. The molecule has 16 heavy (non-hydrogen) atoms. The van der Waals surface area contributed by atoms with Crippen LogP contribution in [0.2, 0.25) is 0 Å². The van der Waals surface area contributed by atoms with Gasteiger partial charge < -0.3 is 15.2 Å². The van der Waals surface area contributed by atoms with Gasteiger partial charge in [-0.05, 0) is 41.1 Å². The van der Waals surface area contributed by atoms with Crippen molar-refractivity contribution in [3.05, 3.63) is 28.2 Å². The third-order valence-electron chi connectivity index (χ3n) is 1.94. The number of benzene rings is 1. The van der Waals surface area contributed by atoms with Gasteiger partial charge in [0.05, 0.1) is 12.2 Å². The van der Waals surface area contributed by atoms with Crippen molar-refractivity contribution in [3.63, 3.8) is 0 Å². The van der Waals surface area contributed by atoms with Crippen molar-refractivity contribution >= 4 is 27.6 Å². The molecule has 0 saturated heterocycles. The molecule has 5 heteroatoms. The molecular formula is C11H14BrNO3. The molecule has 0 saturated carbocycles. The van der Waals surface area contributed by atoms with E-state index < -0.39 is 5.97 Å². The van der Waals surface area contributed by atoms with Crippen molar-refractivity contribution in [2.24, 2.45) is 0 Å². The molecule has 1 unspecified atom stereocenters. The maximum absolute atomic E-state index is 11.6. The molecule has 0 aliphatic heterocycles. The molecule has 1 rings (SSSR count). The Morgan fingerprint density at radius 1 is 1.56 bits per heavy atom. The van der Waals surface area contributed by atoms with E-state index in [1.54, 1.807) is 32.2 Å². The molecular weight excluding hydrogens is 274 g/mol. The van der Waals surface area contributed by atoms with E-state index in [1.807, 2.05) is 0 Å². The van der Waals surface area contributed by atoms with Crippen LogP contribution in [0.5, 0.6) is 0 Å². The quantitative estimate of drug-likeness (QED) is 0.681. The third kappa shape index (κ3) is 3.50. The number of nitrogen functional groups attached to an aromatic ring is 1.